The smallest absolute Gasteiger partial charge is 0.123 e. The maximum atomic E-state index is 4.64. The molecule has 2 aromatic heterocycles. The van der Waals surface area contributed by atoms with Crippen LogP contribution in [-0.4, -0.2) is 19.4 Å². The van der Waals surface area contributed by atoms with Crippen LogP contribution in [0.2, 0.25) is 0 Å². The molecule has 23 heavy (non-hydrogen) atoms. The maximum absolute atomic E-state index is 4.64. The molecule has 0 saturated heterocycles. The van der Waals surface area contributed by atoms with Gasteiger partial charge in [0.15, 0.2) is 0 Å². The van der Waals surface area contributed by atoms with Gasteiger partial charge in [0.2, 0.25) is 0 Å². The summed E-state index contributed by atoms with van der Waals surface area (Å²) in [6.07, 6.45) is 1.98. The molecule has 118 valence electrons. The van der Waals surface area contributed by atoms with Gasteiger partial charge in [-0.3, -0.25) is 4.90 Å². The Morgan fingerprint density at radius 1 is 1.22 bits per heavy atom. The topological polar surface area (TPSA) is 34.0 Å². The molecule has 3 heterocycles. The van der Waals surface area contributed by atoms with Crippen LogP contribution in [0.4, 0.5) is 0 Å². The molecular weight excluding hydrogens is 304 g/mol. The summed E-state index contributed by atoms with van der Waals surface area (Å²) >= 11 is 1.72. The first-order chi connectivity index (χ1) is 11.2. The van der Waals surface area contributed by atoms with E-state index in [-0.39, 0.29) is 0 Å². The molecule has 0 spiro atoms. The second-order valence-corrected chi connectivity index (χ2v) is 7.18. The molecular formula is C18H20N4S. The van der Waals surface area contributed by atoms with Gasteiger partial charge in [0.25, 0.3) is 0 Å². The van der Waals surface area contributed by atoms with Crippen LogP contribution in [-0.2, 0) is 19.6 Å². The van der Waals surface area contributed by atoms with Crippen LogP contribution >= 0.6 is 11.3 Å². The first-order valence-electron chi connectivity index (χ1n) is 7.92. The monoisotopic (exact) mass is 324 g/mol. The number of fused-ring (bicyclic) bond motifs is 1. The number of hydrogen-bond donors (Lipinski definition) is 0. The number of thiazole rings is 1. The number of imidazole rings is 1. The van der Waals surface area contributed by atoms with Crippen LogP contribution in [0.15, 0.2) is 41.9 Å². The number of hydrogen-bond acceptors (Lipinski definition) is 4. The minimum atomic E-state index is 0.360. The molecule has 0 amide bonds. The van der Waals surface area contributed by atoms with Gasteiger partial charge >= 0.3 is 0 Å². The molecule has 5 heteroatoms. The van der Waals surface area contributed by atoms with E-state index in [1.54, 1.807) is 11.3 Å². The Morgan fingerprint density at radius 3 is 2.78 bits per heavy atom. The van der Waals surface area contributed by atoms with Crippen LogP contribution in [0.1, 0.15) is 33.8 Å². The lowest BCUT2D eigenvalue weighted by molar-refractivity contribution is 0.126. The third-order valence-corrected chi connectivity index (χ3v) is 5.32. The highest BCUT2D eigenvalue weighted by molar-refractivity contribution is 7.09. The molecule has 4 rings (SSSR count). The van der Waals surface area contributed by atoms with Crippen molar-refractivity contribution in [1.82, 2.24) is 19.4 Å². The van der Waals surface area contributed by atoms with Crippen molar-refractivity contribution in [2.75, 3.05) is 0 Å². The van der Waals surface area contributed by atoms with E-state index in [4.69, 9.17) is 0 Å². The van der Waals surface area contributed by atoms with Gasteiger partial charge in [-0.25, -0.2) is 9.97 Å². The lowest BCUT2D eigenvalue weighted by Gasteiger charge is -2.36. The standard InChI is InChI=1S/C18H20N4S/c1-13-8-19-18-11-21(9-16-12-23-14(2)20-16)17(10-22(13)18)15-6-4-3-5-7-15/h3-8,12,17H,9-11H2,1-2H3/t17-/m0/s1. The highest BCUT2D eigenvalue weighted by atomic mass is 32.1. The van der Waals surface area contributed by atoms with Gasteiger partial charge in [-0.15, -0.1) is 11.3 Å². The van der Waals surface area contributed by atoms with E-state index in [1.807, 2.05) is 6.20 Å². The second kappa shape index (κ2) is 5.91. The van der Waals surface area contributed by atoms with Gasteiger partial charge in [-0.05, 0) is 19.4 Å². The third kappa shape index (κ3) is 2.82. The van der Waals surface area contributed by atoms with Gasteiger partial charge in [0.05, 0.1) is 23.3 Å². The SMILES string of the molecule is Cc1nc(CN2Cc3ncc(C)n3C[C@H]2c2ccccc2)cs1. The molecule has 0 saturated carbocycles. The molecule has 0 aliphatic carbocycles. The average molecular weight is 324 g/mol. The van der Waals surface area contributed by atoms with Crippen molar-refractivity contribution in [2.45, 2.75) is 39.5 Å². The van der Waals surface area contributed by atoms with E-state index in [2.05, 4.69) is 69.0 Å². The molecule has 0 unspecified atom stereocenters. The summed E-state index contributed by atoms with van der Waals surface area (Å²) in [7, 11) is 0. The van der Waals surface area contributed by atoms with E-state index in [1.165, 1.54) is 11.3 Å². The number of aromatic nitrogens is 3. The van der Waals surface area contributed by atoms with E-state index < -0.39 is 0 Å². The Balaban J connectivity index is 1.68. The fourth-order valence-corrected chi connectivity index (χ4v) is 3.92. The number of benzene rings is 1. The molecule has 0 N–H and O–H groups in total. The van der Waals surface area contributed by atoms with Crippen LogP contribution in [0.25, 0.3) is 0 Å². The maximum Gasteiger partial charge on any atom is 0.123 e. The van der Waals surface area contributed by atoms with Crippen molar-refractivity contribution in [1.29, 1.82) is 0 Å². The molecule has 1 aliphatic heterocycles. The van der Waals surface area contributed by atoms with Gasteiger partial charge in [0.1, 0.15) is 5.82 Å². The molecule has 0 bridgehead atoms. The Kier molecular flexibility index (Phi) is 3.75. The Hall–Kier alpha value is -1.98. The predicted molar refractivity (Wildman–Crippen MR) is 92.2 cm³/mol. The summed E-state index contributed by atoms with van der Waals surface area (Å²) in [5.74, 6) is 1.15. The van der Waals surface area contributed by atoms with Gasteiger partial charge in [0, 0.05) is 30.4 Å². The first-order valence-corrected chi connectivity index (χ1v) is 8.79. The minimum Gasteiger partial charge on any atom is -0.329 e. The summed E-state index contributed by atoms with van der Waals surface area (Å²) in [5, 5.41) is 3.30. The van der Waals surface area contributed by atoms with Crippen molar-refractivity contribution in [3.05, 3.63) is 69.7 Å². The Morgan fingerprint density at radius 2 is 2.04 bits per heavy atom. The summed E-state index contributed by atoms with van der Waals surface area (Å²) in [6.45, 7) is 6.89. The van der Waals surface area contributed by atoms with Crippen molar-refractivity contribution in [3.8, 4) is 0 Å². The van der Waals surface area contributed by atoms with Crippen molar-refractivity contribution in [3.63, 3.8) is 0 Å². The van der Waals surface area contributed by atoms with Crippen molar-refractivity contribution < 1.29 is 0 Å². The number of aryl methyl sites for hydroxylation is 2. The van der Waals surface area contributed by atoms with Crippen molar-refractivity contribution >= 4 is 11.3 Å². The number of rotatable bonds is 3. The molecule has 0 fully saturated rings. The molecule has 1 aromatic carbocycles. The second-order valence-electron chi connectivity index (χ2n) is 6.12. The van der Waals surface area contributed by atoms with Crippen LogP contribution in [0.5, 0.6) is 0 Å². The first kappa shape index (κ1) is 14.6. The quantitative estimate of drug-likeness (QED) is 0.736. The van der Waals surface area contributed by atoms with Gasteiger partial charge < -0.3 is 4.57 Å². The van der Waals surface area contributed by atoms with Gasteiger partial charge in [-0.1, -0.05) is 30.3 Å². The van der Waals surface area contributed by atoms with Gasteiger partial charge in [-0.2, -0.15) is 0 Å². The normalized spacial score (nSPS) is 18.1. The highest BCUT2D eigenvalue weighted by Gasteiger charge is 2.29. The molecule has 0 radical (unpaired) electrons. The lowest BCUT2D eigenvalue weighted by Crippen LogP contribution is -2.37. The van der Waals surface area contributed by atoms with E-state index in [9.17, 15) is 0 Å². The Labute approximate surface area is 140 Å². The molecule has 1 aliphatic rings. The average Bonchev–Trinajstić information content (AvgIpc) is 3.14. The fraction of sp³-hybridized carbons (Fsp3) is 0.333. The van der Waals surface area contributed by atoms with E-state index >= 15 is 0 Å². The van der Waals surface area contributed by atoms with Crippen LogP contribution < -0.4 is 0 Å². The zero-order valence-corrected chi connectivity index (χ0v) is 14.3. The summed E-state index contributed by atoms with van der Waals surface area (Å²) in [4.78, 5) is 11.7. The molecule has 4 nitrogen and oxygen atoms in total. The largest absolute Gasteiger partial charge is 0.329 e. The minimum absolute atomic E-state index is 0.360. The zero-order chi connectivity index (χ0) is 15.8. The summed E-state index contributed by atoms with van der Waals surface area (Å²) in [6, 6.07) is 11.1. The van der Waals surface area contributed by atoms with Crippen molar-refractivity contribution in [2.24, 2.45) is 0 Å². The third-order valence-electron chi connectivity index (χ3n) is 4.49. The van der Waals surface area contributed by atoms with E-state index in [0.717, 1.165) is 36.2 Å². The summed E-state index contributed by atoms with van der Waals surface area (Å²) < 4.78 is 2.35. The zero-order valence-electron chi connectivity index (χ0n) is 13.4. The fourth-order valence-electron chi connectivity index (χ4n) is 3.31. The molecule has 1 atom stereocenters. The number of nitrogens with zero attached hydrogens (tertiary/aromatic N) is 4. The predicted octanol–water partition coefficient (Wildman–Crippen LogP) is 3.71. The Bertz CT molecular complexity index is 806. The lowest BCUT2D eigenvalue weighted by atomic mass is 10.0. The summed E-state index contributed by atoms with van der Waals surface area (Å²) in [5.41, 5.74) is 3.76. The highest BCUT2D eigenvalue weighted by Crippen LogP contribution is 2.31. The van der Waals surface area contributed by atoms with Crippen LogP contribution in [0, 0.1) is 13.8 Å². The molecule has 3 aromatic rings. The van der Waals surface area contributed by atoms with E-state index in [0.29, 0.717) is 6.04 Å². The van der Waals surface area contributed by atoms with Crippen LogP contribution in [0.3, 0.4) is 0 Å².